The summed E-state index contributed by atoms with van der Waals surface area (Å²) in [5, 5.41) is 9.60. The average Bonchev–Trinajstić information content (AvgIpc) is 2.48. The van der Waals surface area contributed by atoms with E-state index in [0.29, 0.717) is 5.92 Å². The minimum Gasteiger partial charge on any atom is -0.390 e. The summed E-state index contributed by atoms with van der Waals surface area (Å²) in [6, 6.07) is 0. The Labute approximate surface area is 99.1 Å². The van der Waals surface area contributed by atoms with E-state index in [0.717, 1.165) is 32.3 Å². The molecule has 1 fully saturated rings. The molecule has 0 aromatic carbocycles. The molecule has 0 spiro atoms. The van der Waals surface area contributed by atoms with Crippen molar-refractivity contribution in [3.8, 4) is 0 Å². The fraction of sp³-hybridized carbons (Fsp3) is 1.00. The van der Waals surface area contributed by atoms with Gasteiger partial charge in [-0.3, -0.25) is 0 Å². The van der Waals surface area contributed by atoms with Crippen molar-refractivity contribution < 1.29 is 14.6 Å². The van der Waals surface area contributed by atoms with Crippen molar-refractivity contribution >= 4 is 0 Å². The zero-order chi connectivity index (χ0) is 12.2. The minimum atomic E-state index is -0.533. The molecular formula is C13H26O3. The molecule has 16 heavy (non-hydrogen) atoms. The molecule has 1 heterocycles. The molecular weight excluding hydrogens is 204 g/mol. The van der Waals surface area contributed by atoms with E-state index in [1.54, 1.807) is 0 Å². The van der Waals surface area contributed by atoms with Gasteiger partial charge in [0, 0.05) is 6.42 Å². The van der Waals surface area contributed by atoms with Crippen molar-refractivity contribution in [3.63, 3.8) is 0 Å². The SMILES string of the molecule is CC(CCCC(C)(C)O)CC1OCC(C)O1. The first-order valence-corrected chi connectivity index (χ1v) is 6.36. The van der Waals surface area contributed by atoms with E-state index in [1.807, 2.05) is 20.8 Å². The van der Waals surface area contributed by atoms with Crippen LogP contribution in [0, 0.1) is 5.92 Å². The molecule has 0 bridgehead atoms. The normalized spacial score (nSPS) is 28.3. The van der Waals surface area contributed by atoms with Gasteiger partial charge < -0.3 is 14.6 Å². The Balaban J connectivity index is 2.09. The molecule has 3 atom stereocenters. The summed E-state index contributed by atoms with van der Waals surface area (Å²) in [6.45, 7) is 8.71. The van der Waals surface area contributed by atoms with E-state index in [1.165, 1.54) is 0 Å². The zero-order valence-corrected chi connectivity index (χ0v) is 11.0. The standard InChI is InChI=1S/C13H26O3/c1-10(6-5-7-13(3,4)14)8-12-15-9-11(2)16-12/h10-12,14H,5-9H2,1-4H3. The number of hydrogen-bond donors (Lipinski definition) is 1. The van der Waals surface area contributed by atoms with Gasteiger partial charge >= 0.3 is 0 Å². The van der Waals surface area contributed by atoms with Gasteiger partial charge in [-0.05, 0) is 33.1 Å². The lowest BCUT2D eigenvalue weighted by molar-refractivity contribution is -0.0683. The van der Waals surface area contributed by atoms with E-state index in [-0.39, 0.29) is 12.4 Å². The molecule has 0 aliphatic carbocycles. The molecule has 0 radical (unpaired) electrons. The highest BCUT2D eigenvalue weighted by atomic mass is 16.7. The van der Waals surface area contributed by atoms with Crippen molar-refractivity contribution in [3.05, 3.63) is 0 Å². The Hall–Kier alpha value is -0.120. The third-order valence-electron chi connectivity index (χ3n) is 2.98. The average molecular weight is 230 g/mol. The Morgan fingerprint density at radius 2 is 2.12 bits per heavy atom. The van der Waals surface area contributed by atoms with Gasteiger partial charge in [-0.15, -0.1) is 0 Å². The minimum absolute atomic E-state index is 0.00728. The van der Waals surface area contributed by atoms with Gasteiger partial charge in [0.25, 0.3) is 0 Å². The van der Waals surface area contributed by atoms with Crippen LogP contribution in [0.25, 0.3) is 0 Å². The van der Waals surface area contributed by atoms with Crippen LogP contribution in [0.4, 0.5) is 0 Å². The summed E-state index contributed by atoms with van der Waals surface area (Å²) in [7, 11) is 0. The summed E-state index contributed by atoms with van der Waals surface area (Å²) in [4.78, 5) is 0. The van der Waals surface area contributed by atoms with E-state index >= 15 is 0 Å². The van der Waals surface area contributed by atoms with Crippen molar-refractivity contribution in [2.24, 2.45) is 5.92 Å². The van der Waals surface area contributed by atoms with Crippen LogP contribution in [-0.4, -0.2) is 29.7 Å². The lowest BCUT2D eigenvalue weighted by Crippen LogP contribution is -2.19. The fourth-order valence-corrected chi connectivity index (χ4v) is 2.03. The molecule has 0 amide bonds. The number of hydrogen-bond acceptors (Lipinski definition) is 3. The van der Waals surface area contributed by atoms with Crippen molar-refractivity contribution in [1.82, 2.24) is 0 Å². The highest BCUT2D eigenvalue weighted by Gasteiger charge is 2.24. The Morgan fingerprint density at radius 3 is 2.62 bits per heavy atom. The van der Waals surface area contributed by atoms with Gasteiger partial charge in [0.1, 0.15) is 0 Å². The summed E-state index contributed by atoms with van der Waals surface area (Å²) in [5.41, 5.74) is -0.533. The number of aliphatic hydroxyl groups is 1. The Kier molecular flexibility index (Phi) is 5.22. The van der Waals surface area contributed by atoms with Crippen molar-refractivity contribution in [1.29, 1.82) is 0 Å². The quantitative estimate of drug-likeness (QED) is 0.762. The second kappa shape index (κ2) is 5.99. The molecule has 0 aromatic rings. The van der Waals surface area contributed by atoms with Gasteiger partial charge in [-0.1, -0.05) is 19.8 Å². The van der Waals surface area contributed by atoms with Gasteiger partial charge in [0.15, 0.2) is 6.29 Å². The van der Waals surface area contributed by atoms with Gasteiger partial charge in [-0.2, -0.15) is 0 Å². The fourth-order valence-electron chi connectivity index (χ4n) is 2.03. The molecule has 96 valence electrons. The van der Waals surface area contributed by atoms with Gasteiger partial charge in [0.2, 0.25) is 0 Å². The Bertz CT molecular complexity index is 198. The van der Waals surface area contributed by atoms with Gasteiger partial charge in [-0.25, -0.2) is 0 Å². The van der Waals surface area contributed by atoms with E-state index in [2.05, 4.69) is 6.92 Å². The maximum atomic E-state index is 9.60. The lowest BCUT2D eigenvalue weighted by Gasteiger charge is -2.19. The Morgan fingerprint density at radius 1 is 1.44 bits per heavy atom. The van der Waals surface area contributed by atoms with E-state index in [4.69, 9.17) is 9.47 Å². The molecule has 3 unspecified atom stereocenters. The van der Waals surface area contributed by atoms with Crippen LogP contribution in [0.15, 0.2) is 0 Å². The molecule has 1 N–H and O–H groups in total. The molecule has 3 nitrogen and oxygen atoms in total. The topological polar surface area (TPSA) is 38.7 Å². The first-order valence-electron chi connectivity index (χ1n) is 6.36. The highest BCUT2D eigenvalue weighted by molar-refractivity contribution is 4.68. The molecule has 0 aromatic heterocycles. The molecule has 0 saturated carbocycles. The number of rotatable bonds is 6. The van der Waals surface area contributed by atoms with Crippen LogP contribution in [0.3, 0.4) is 0 Å². The van der Waals surface area contributed by atoms with E-state index < -0.39 is 5.60 Å². The lowest BCUT2D eigenvalue weighted by atomic mass is 9.95. The molecule has 1 saturated heterocycles. The molecule has 1 aliphatic rings. The third kappa shape index (κ3) is 5.83. The van der Waals surface area contributed by atoms with Crippen LogP contribution in [0.1, 0.15) is 53.4 Å². The predicted octanol–water partition coefficient (Wildman–Crippen LogP) is 2.72. The summed E-state index contributed by atoms with van der Waals surface area (Å²) in [5.74, 6) is 0.595. The smallest absolute Gasteiger partial charge is 0.158 e. The summed E-state index contributed by atoms with van der Waals surface area (Å²) < 4.78 is 11.1. The van der Waals surface area contributed by atoms with E-state index in [9.17, 15) is 5.11 Å². The summed E-state index contributed by atoms with van der Waals surface area (Å²) >= 11 is 0. The van der Waals surface area contributed by atoms with Crippen LogP contribution in [-0.2, 0) is 9.47 Å². The number of ether oxygens (including phenoxy) is 2. The second-order valence-electron chi connectivity index (χ2n) is 5.76. The highest BCUT2D eigenvalue weighted by Crippen LogP contribution is 2.23. The zero-order valence-electron chi connectivity index (χ0n) is 11.0. The third-order valence-corrected chi connectivity index (χ3v) is 2.98. The first-order chi connectivity index (χ1) is 7.37. The van der Waals surface area contributed by atoms with Gasteiger partial charge in [0.05, 0.1) is 18.3 Å². The monoisotopic (exact) mass is 230 g/mol. The van der Waals surface area contributed by atoms with Crippen LogP contribution in [0.2, 0.25) is 0 Å². The maximum Gasteiger partial charge on any atom is 0.158 e. The second-order valence-corrected chi connectivity index (χ2v) is 5.76. The maximum absolute atomic E-state index is 9.60. The molecule has 1 aliphatic heterocycles. The predicted molar refractivity (Wildman–Crippen MR) is 64.2 cm³/mol. The largest absolute Gasteiger partial charge is 0.390 e. The van der Waals surface area contributed by atoms with Crippen LogP contribution in [0.5, 0.6) is 0 Å². The van der Waals surface area contributed by atoms with Crippen molar-refractivity contribution in [2.45, 2.75) is 71.4 Å². The van der Waals surface area contributed by atoms with Crippen molar-refractivity contribution in [2.75, 3.05) is 6.61 Å². The first kappa shape index (κ1) is 13.9. The van der Waals surface area contributed by atoms with Crippen LogP contribution < -0.4 is 0 Å². The summed E-state index contributed by atoms with van der Waals surface area (Å²) in [6.07, 6.45) is 4.26. The molecule has 1 rings (SSSR count). The van der Waals surface area contributed by atoms with Crippen LogP contribution >= 0.6 is 0 Å². The molecule has 3 heteroatoms.